The van der Waals surface area contributed by atoms with E-state index in [9.17, 15) is 4.79 Å². The predicted octanol–water partition coefficient (Wildman–Crippen LogP) is 1.28. The van der Waals surface area contributed by atoms with E-state index in [2.05, 4.69) is 39.3 Å². The second-order valence-corrected chi connectivity index (χ2v) is 5.14. The van der Waals surface area contributed by atoms with Crippen molar-refractivity contribution in [3.05, 3.63) is 83.8 Å². The minimum atomic E-state index is 0.0198. The van der Waals surface area contributed by atoms with Gasteiger partial charge in [-0.05, 0) is 0 Å². The number of rotatable bonds is 1. The molecule has 132 valence electrons. The van der Waals surface area contributed by atoms with Crippen molar-refractivity contribution in [1.82, 2.24) is 9.13 Å². The molecular formula is C17H12N2O6W. The molecule has 0 saturated carbocycles. The minimum absolute atomic E-state index is 0.0198. The molecule has 9 heteroatoms. The van der Waals surface area contributed by atoms with Gasteiger partial charge in [0.15, 0.2) is 0 Å². The van der Waals surface area contributed by atoms with Gasteiger partial charge in [-0.2, -0.15) is 0 Å². The first-order chi connectivity index (χ1) is 12.6. The Morgan fingerprint density at radius 3 is 1.54 bits per heavy atom. The Hall–Kier alpha value is -2.51. The van der Waals surface area contributed by atoms with Crippen LogP contribution in [0.15, 0.2) is 41.2 Å². The molecular weight excluding hydrogens is 512 g/mol. The monoisotopic (exact) mass is 524 g/mol. The normalized spacial score (nSPS) is 6.77. The van der Waals surface area contributed by atoms with E-state index in [1.54, 1.807) is 23.2 Å². The van der Waals surface area contributed by atoms with E-state index in [-0.39, 0.29) is 5.69 Å². The number of nitrogens with zero attached hydrogens (tertiary/aromatic N) is 2. The Morgan fingerprint density at radius 2 is 1.15 bits per heavy atom. The van der Waals surface area contributed by atoms with Gasteiger partial charge < -0.3 is 0 Å². The van der Waals surface area contributed by atoms with E-state index in [1.807, 2.05) is 30.3 Å². The van der Waals surface area contributed by atoms with Crippen molar-refractivity contribution in [2.75, 3.05) is 0 Å². The Bertz CT molecular complexity index is 807. The average Bonchev–Trinajstić information content (AvgIpc) is 2.77. The summed E-state index contributed by atoms with van der Waals surface area (Å²) in [6.45, 7) is 22.5. The molecule has 0 aliphatic rings. The number of benzene rings is 1. The molecule has 1 aromatic heterocycles. The van der Waals surface area contributed by atoms with Gasteiger partial charge in [0.05, 0.1) is 0 Å². The van der Waals surface area contributed by atoms with E-state index in [4.69, 9.17) is 23.3 Å². The fourth-order valence-corrected chi connectivity index (χ4v) is 2.30. The van der Waals surface area contributed by atoms with Crippen molar-refractivity contribution in [1.29, 1.82) is 0 Å². The van der Waals surface area contributed by atoms with Gasteiger partial charge in [-0.25, -0.2) is 0 Å². The van der Waals surface area contributed by atoms with Crippen LogP contribution in [0, 0.1) is 36.9 Å². The molecule has 0 saturated heterocycles. The number of hydrogen-bond donors (Lipinski definition) is 0. The van der Waals surface area contributed by atoms with Crippen molar-refractivity contribution in [3.8, 4) is 11.3 Å². The van der Waals surface area contributed by atoms with Crippen LogP contribution < -0.4 is 5.69 Å². The third-order valence-electron chi connectivity index (χ3n) is 2.60. The van der Waals surface area contributed by atoms with Gasteiger partial charge in [-0.3, -0.25) is 0 Å². The zero-order valence-corrected chi connectivity index (χ0v) is 16.6. The Balaban J connectivity index is -0.000000210. The maximum atomic E-state index is 11.9. The van der Waals surface area contributed by atoms with Crippen molar-refractivity contribution in [2.45, 2.75) is 0 Å². The van der Waals surface area contributed by atoms with Crippen LogP contribution >= 0.6 is 0 Å². The Kier molecular flexibility index (Phi) is 27.1. The summed E-state index contributed by atoms with van der Waals surface area (Å²) in [4.78, 5) is 11.9. The quantitative estimate of drug-likeness (QED) is 0.405. The molecule has 0 N–H and O–H groups in total. The van der Waals surface area contributed by atoms with E-state index < -0.39 is 0 Å². The second kappa shape index (κ2) is 22.5. The van der Waals surface area contributed by atoms with Gasteiger partial charge in [-0.15, -0.1) is 0 Å². The fourth-order valence-electron chi connectivity index (χ4n) is 1.62. The zero-order chi connectivity index (χ0) is 21.7. The van der Waals surface area contributed by atoms with Crippen LogP contribution in [0.25, 0.3) is 11.3 Å². The first-order valence-electron chi connectivity index (χ1n) is 5.96. The van der Waals surface area contributed by atoms with Crippen molar-refractivity contribution in [2.24, 2.45) is 14.1 Å². The Morgan fingerprint density at radius 1 is 0.769 bits per heavy atom. The summed E-state index contributed by atoms with van der Waals surface area (Å²) in [7, 11) is 3.61. The van der Waals surface area contributed by atoms with Crippen molar-refractivity contribution < 1.29 is 42.6 Å². The summed E-state index contributed by atoms with van der Waals surface area (Å²) >= 11 is 1.30. The summed E-state index contributed by atoms with van der Waals surface area (Å²) < 4.78 is 41.9. The second-order valence-electron chi connectivity index (χ2n) is 3.63. The Labute approximate surface area is 161 Å². The zero-order valence-electron chi connectivity index (χ0n) is 13.7. The molecule has 1 aromatic carbocycles. The first-order valence-corrected chi connectivity index (χ1v) is 7.42. The van der Waals surface area contributed by atoms with Crippen LogP contribution in [0.3, 0.4) is 0 Å². The maximum absolute atomic E-state index is 11.9. The molecule has 0 fully saturated rings. The van der Waals surface area contributed by atoms with E-state index in [0.717, 1.165) is 14.9 Å². The van der Waals surface area contributed by atoms with Crippen molar-refractivity contribution in [3.63, 3.8) is 0 Å². The van der Waals surface area contributed by atoms with Gasteiger partial charge in [0.25, 0.3) is 0 Å². The molecule has 2 rings (SSSR count). The third-order valence-corrected chi connectivity index (χ3v) is 4.00. The molecule has 8 nitrogen and oxygen atoms in total. The first kappa shape index (κ1) is 31.3. The van der Waals surface area contributed by atoms with E-state index >= 15 is 0 Å². The fraction of sp³-hybridized carbons (Fsp3) is 0.118. The van der Waals surface area contributed by atoms with Gasteiger partial charge in [0.2, 0.25) is 0 Å². The average molecular weight is 524 g/mol. The van der Waals surface area contributed by atoms with Crippen LogP contribution in [-0.2, 0) is 56.7 Å². The summed E-state index contributed by atoms with van der Waals surface area (Å²) in [5.74, 6) is 0. The standard InChI is InChI=1S/C12H12N2O.5CO.W/c1-13-9-8-11(14(2)12(13)15)10-6-4-3-5-7-10;5*1-2;/h3-8H,1-2H3;;;;;;. The molecule has 2 aromatic rings. The molecule has 0 amide bonds. The van der Waals surface area contributed by atoms with Gasteiger partial charge in [-0.1, -0.05) is 0 Å². The molecule has 0 bridgehead atoms. The summed E-state index contributed by atoms with van der Waals surface area (Å²) in [5, 5.41) is 0. The summed E-state index contributed by atoms with van der Waals surface area (Å²) in [6.07, 6.45) is 0. The topological polar surface area (TPSA) is 126 Å². The van der Waals surface area contributed by atoms with Gasteiger partial charge >= 0.3 is 161 Å². The van der Waals surface area contributed by atoms with E-state index in [1.165, 1.54) is 19.4 Å². The third kappa shape index (κ3) is 10.4. The number of aromatic nitrogens is 2. The van der Waals surface area contributed by atoms with Crippen LogP contribution in [0.4, 0.5) is 0 Å². The van der Waals surface area contributed by atoms with Crippen LogP contribution in [0.1, 0.15) is 0 Å². The van der Waals surface area contributed by atoms with Gasteiger partial charge in [0, 0.05) is 0 Å². The number of hydrogen-bond acceptors (Lipinski definition) is 1. The SMILES string of the molecule is Cn1c(-c2ccccc2)c[c](=[W])n(C)c1=O.[C-]#[O+].[C-]#[O+].[C-]#[O+].[C-]#[O+].[C-]#[O+]. The molecule has 0 atom stereocenters. The van der Waals surface area contributed by atoms with Crippen LogP contribution in [-0.4, -0.2) is 9.13 Å². The molecule has 0 aliphatic heterocycles. The molecule has 26 heavy (non-hydrogen) atoms. The summed E-state index contributed by atoms with van der Waals surface area (Å²) in [6, 6.07) is 12.0. The molecule has 0 unspecified atom stereocenters. The molecule has 0 spiro atoms. The van der Waals surface area contributed by atoms with Gasteiger partial charge in [0.1, 0.15) is 0 Å². The predicted molar refractivity (Wildman–Crippen MR) is 79.0 cm³/mol. The molecule has 0 aliphatic carbocycles. The van der Waals surface area contributed by atoms with Crippen molar-refractivity contribution >= 4 is 0 Å². The summed E-state index contributed by atoms with van der Waals surface area (Å²) in [5.41, 5.74) is 2.06. The van der Waals surface area contributed by atoms with Crippen LogP contribution in [0.2, 0.25) is 0 Å². The van der Waals surface area contributed by atoms with E-state index in [0.29, 0.717) is 0 Å². The molecule has 1 heterocycles. The molecule has 0 radical (unpaired) electrons. The van der Waals surface area contributed by atoms with Crippen LogP contribution in [0.5, 0.6) is 0 Å².